The lowest BCUT2D eigenvalue weighted by molar-refractivity contribution is 0.0799. The molecule has 1 unspecified atom stereocenters. The monoisotopic (exact) mass is 312 g/mol. The molecule has 102 valence electrons. The molecule has 1 N–H and O–H groups in total. The zero-order chi connectivity index (χ0) is 13.8. The lowest BCUT2D eigenvalue weighted by Gasteiger charge is -2.13. The number of rotatable bonds is 6. The maximum Gasteiger partial charge on any atom is 0.242 e. The van der Waals surface area contributed by atoms with Gasteiger partial charge in [0.25, 0.3) is 0 Å². The molecule has 0 bridgehead atoms. The first-order valence-electron chi connectivity index (χ1n) is 5.29. The minimum absolute atomic E-state index is 0.0272. The summed E-state index contributed by atoms with van der Waals surface area (Å²) in [5.41, 5.74) is 0. The van der Waals surface area contributed by atoms with Crippen LogP contribution in [0.3, 0.4) is 0 Å². The summed E-state index contributed by atoms with van der Waals surface area (Å²) in [7, 11) is -3.65. The van der Waals surface area contributed by atoms with Crippen LogP contribution in [0.5, 0.6) is 0 Å². The molecule has 1 rings (SSSR count). The van der Waals surface area contributed by atoms with Crippen molar-refractivity contribution in [3.63, 3.8) is 0 Å². The van der Waals surface area contributed by atoms with E-state index in [4.69, 9.17) is 27.9 Å². The molecule has 1 atom stereocenters. The maximum absolute atomic E-state index is 11.9. The summed E-state index contributed by atoms with van der Waals surface area (Å²) in [6, 6.07) is 1.25. The van der Waals surface area contributed by atoms with E-state index in [2.05, 4.69) is 9.71 Å². The second-order valence-corrected chi connectivity index (χ2v) is 6.09. The van der Waals surface area contributed by atoms with E-state index in [0.29, 0.717) is 6.61 Å². The van der Waals surface area contributed by atoms with Crippen molar-refractivity contribution in [2.45, 2.75) is 24.8 Å². The predicted octanol–water partition coefficient (Wildman–Crippen LogP) is 2.09. The summed E-state index contributed by atoms with van der Waals surface area (Å²) in [6.45, 7) is 4.32. The fraction of sp³-hybridized carbons (Fsp3) is 0.500. The average Bonchev–Trinajstić information content (AvgIpc) is 2.30. The van der Waals surface area contributed by atoms with Gasteiger partial charge < -0.3 is 4.74 Å². The van der Waals surface area contributed by atoms with Crippen LogP contribution in [0.1, 0.15) is 13.8 Å². The van der Waals surface area contributed by atoms with Crippen LogP contribution in [-0.2, 0) is 14.8 Å². The third-order valence-corrected chi connectivity index (χ3v) is 4.17. The van der Waals surface area contributed by atoms with Gasteiger partial charge in [-0.2, -0.15) is 0 Å². The van der Waals surface area contributed by atoms with Crippen molar-refractivity contribution in [2.24, 2.45) is 0 Å². The molecule has 0 aliphatic carbocycles. The van der Waals surface area contributed by atoms with Gasteiger partial charge in [-0.15, -0.1) is 0 Å². The summed E-state index contributed by atoms with van der Waals surface area (Å²) >= 11 is 11.3. The van der Waals surface area contributed by atoms with E-state index in [9.17, 15) is 8.42 Å². The number of nitrogens with one attached hydrogen (secondary N) is 1. The highest BCUT2D eigenvalue weighted by Gasteiger charge is 2.17. The summed E-state index contributed by atoms with van der Waals surface area (Å²) < 4.78 is 31.4. The van der Waals surface area contributed by atoms with E-state index in [0.717, 1.165) is 6.20 Å². The van der Waals surface area contributed by atoms with E-state index in [1.54, 1.807) is 6.92 Å². The Morgan fingerprint density at radius 1 is 1.50 bits per heavy atom. The Hall–Kier alpha value is -0.400. The molecule has 0 saturated carbocycles. The second kappa shape index (κ2) is 6.68. The zero-order valence-corrected chi connectivity index (χ0v) is 12.3. The first-order chi connectivity index (χ1) is 8.36. The number of sulfonamides is 1. The third kappa shape index (κ3) is 4.37. The fourth-order valence-electron chi connectivity index (χ4n) is 1.20. The molecule has 1 heterocycles. The van der Waals surface area contributed by atoms with Crippen LogP contribution in [0.15, 0.2) is 17.2 Å². The highest BCUT2D eigenvalue weighted by Crippen LogP contribution is 2.21. The molecule has 0 radical (unpaired) electrons. The second-order valence-electron chi connectivity index (χ2n) is 3.56. The number of aromatic nitrogens is 1. The van der Waals surface area contributed by atoms with Gasteiger partial charge in [0.15, 0.2) is 0 Å². The minimum atomic E-state index is -3.65. The van der Waals surface area contributed by atoms with Crippen molar-refractivity contribution < 1.29 is 13.2 Å². The van der Waals surface area contributed by atoms with Gasteiger partial charge in [0.05, 0.1) is 11.1 Å². The molecule has 18 heavy (non-hydrogen) atoms. The van der Waals surface area contributed by atoms with E-state index in [-0.39, 0.29) is 27.7 Å². The molecule has 0 aromatic carbocycles. The van der Waals surface area contributed by atoms with Crippen LogP contribution in [0.2, 0.25) is 10.2 Å². The van der Waals surface area contributed by atoms with Crippen molar-refractivity contribution in [3.05, 3.63) is 22.4 Å². The standard InChI is InChI=1S/C10H14Cl2N2O3S/c1-3-17-7(2)5-14-18(15,16)8-4-9(11)10(12)13-6-8/h4,6-7,14H,3,5H2,1-2H3. The molecule has 0 aliphatic rings. The van der Waals surface area contributed by atoms with Crippen LogP contribution < -0.4 is 4.72 Å². The van der Waals surface area contributed by atoms with Crippen molar-refractivity contribution in [3.8, 4) is 0 Å². The quantitative estimate of drug-likeness (QED) is 0.817. The first kappa shape index (κ1) is 15.7. The third-order valence-electron chi connectivity index (χ3n) is 2.09. The van der Waals surface area contributed by atoms with Crippen LogP contribution in [-0.4, -0.2) is 32.7 Å². The number of hydrogen-bond acceptors (Lipinski definition) is 4. The van der Waals surface area contributed by atoms with Gasteiger partial charge in [0, 0.05) is 19.3 Å². The molecule has 0 spiro atoms. The average molecular weight is 313 g/mol. The number of hydrogen-bond donors (Lipinski definition) is 1. The van der Waals surface area contributed by atoms with Gasteiger partial charge in [-0.25, -0.2) is 18.1 Å². The molecule has 0 aliphatic heterocycles. The smallest absolute Gasteiger partial charge is 0.242 e. The number of pyridine rings is 1. The van der Waals surface area contributed by atoms with E-state index < -0.39 is 10.0 Å². The van der Waals surface area contributed by atoms with Gasteiger partial charge >= 0.3 is 0 Å². The number of ether oxygens (including phenoxy) is 1. The van der Waals surface area contributed by atoms with Gasteiger partial charge in [-0.05, 0) is 19.9 Å². The Labute approximate surface area is 117 Å². The molecule has 0 saturated heterocycles. The molecule has 1 aromatic rings. The topological polar surface area (TPSA) is 68.3 Å². The van der Waals surface area contributed by atoms with E-state index in [1.807, 2.05) is 6.92 Å². The Morgan fingerprint density at radius 3 is 2.72 bits per heavy atom. The van der Waals surface area contributed by atoms with Crippen LogP contribution >= 0.6 is 23.2 Å². The Bertz CT molecular complexity index is 508. The maximum atomic E-state index is 11.9. The van der Waals surface area contributed by atoms with E-state index >= 15 is 0 Å². The van der Waals surface area contributed by atoms with Gasteiger partial charge in [0.1, 0.15) is 10.0 Å². The number of halogens is 2. The highest BCUT2D eigenvalue weighted by atomic mass is 35.5. The largest absolute Gasteiger partial charge is 0.377 e. The Kier molecular flexibility index (Phi) is 5.81. The predicted molar refractivity (Wildman–Crippen MR) is 70.5 cm³/mol. The summed E-state index contributed by atoms with van der Waals surface area (Å²) in [4.78, 5) is 3.66. The van der Waals surface area contributed by atoms with Gasteiger partial charge in [0.2, 0.25) is 10.0 Å². The van der Waals surface area contributed by atoms with Crippen LogP contribution in [0.4, 0.5) is 0 Å². The summed E-state index contributed by atoms with van der Waals surface area (Å²) in [5.74, 6) is 0. The van der Waals surface area contributed by atoms with Gasteiger partial charge in [-0.1, -0.05) is 23.2 Å². The lowest BCUT2D eigenvalue weighted by atomic mass is 10.4. The van der Waals surface area contributed by atoms with Gasteiger partial charge in [-0.3, -0.25) is 0 Å². The Morgan fingerprint density at radius 2 is 2.17 bits per heavy atom. The molecular formula is C10H14Cl2N2O3S. The van der Waals surface area contributed by atoms with Crippen LogP contribution in [0.25, 0.3) is 0 Å². The minimum Gasteiger partial charge on any atom is -0.377 e. The van der Waals surface area contributed by atoms with Crippen molar-refractivity contribution >= 4 is 33.2 Å². The van der Waals surface area contributed by atoms with Crippen molar-refractivity contribution in [1.82, 2.24) is 9.71 Å². The lowest BCUT2D eigenvalue weighted by Crippen LogP contribution is -2.32. The van der Waals surface area contributed by atoms with E-state index in [1.165, 1.54) is 6.07 Å². The normalized spacial score (nSPS) is 13.6. The highest BCUT2D eigenvalue weighted by molar-refractivity contribution is 7.89. The Balaban J connectivity index is 2.77. The fourth-order valence-corrected chi connectivity index (χ4v) is 2.62. The molecule has 0 fully saturated rings. The molecule has 1 aromatic heterocycles. The molecule has 5 nitrogen and oxygen atoms in total. The zero-order valence-electron chi connectivity index (χ0n) is 9.98. The first-order valence-corrected chi connectivity index (χ1v) is 7.53. The SMILES string of the molecule is CCOC(C)CNS(=O)(=O)c1cnc(Cl)c(Cl)c1. The molecule has 0 amide bonds. The summed E-state index contributed by atoms with van der Waals surface area (Å²) in [6.07, 6.45) is 0.947. The van der Waals surface area contributed by atoms with Crippen LogP contribution in [0, 0.1) is 0 Å². The number of nitrogens with zero attached hydrogens (tertiary/aromatic N) is 1. The van der Waals surface area contributed by atoms with Crippen molar-refractivity contribution in [1.29, 1.82) is 0 Å². The summed E-state index contributed by atoms with van der Waals surface area (Å²) in [5, 5.41) is 0.163. The molecule has 8 heteroatoms. The van der Waals surface area contributed by atoms with Crippen molar-refractivity contribution in [2.75, 3.05) is 13.2 Å². The molecular weight excluding hydrogens is 299 g/mol.